The lowest BCUT2D eigenvalue weighted by Gasteiger charge is -2.09. The summed E-state index contributed by atoms with van der Waals surface area (Å²) < 4.78 is 0. The van der Waals surface area contributed by atoms with Crippen molar-refractivity contribution in [2.45, 2.75) is 0 Å². The minimum Gasteiger partial charge on any atom is -0.508 e. The van der Waals surface area contributed by atoms with Crippen molar-refractivity contribution < 1.29 is 10.2 Å². The minimum absolute atomic E-state index is 0.106. The summed E-state index contributed by atoms with van der Waals surface area (Å²) in [6.45, 7) is 0. The van der Waals surface area contributed by atoms with Gasteiger partial charge in [-0.05, 0) is 36.4 Å². The zero-order chi connectivity index (χ0) is 17.9. The van der Waals surface area contributed by atoms with Gasteiger partial charge in [-0.1, -0.05) is 42.5 Å². The predicted octanol–water partition coefficient (Wildman–Crippen LogP) is 4.28. The molecule has 0 aliphatic heterocycles. The Balaban J connectivity index is 1.93. The Bertz CT molecular complexity index is 1050. The van der Waals surface area contributed by atoms with Gasteiger partial charge < -0.3 is 10.2 Å². The van der Waals surface area contributed by atoms with E-state index in [0.717, 1.165) is 11.1 Å². The lowest BCUT2D eigenvalue weighted by Crippen LogP contribution is -2.00. The smallest absolute Gasteiger partial charge is 0.167 e. The Morgan fingerprint density at radius 2 is 1.04 bits per heavy atom. The van der Waals surface area contributed by atoms with E-state index in [4.69, 9.17) is 0 Å². The van der Waals surface area contributed by atoms with Gasteiger partial charge >= 0.3 is 0 Å². The zero-order valence-corrected chi connectivity index (χ0v) is 13.7. The number of hydrogen-bond donors (Lipinski definition) is 2. The summed E-state index contributed by atoms with van der Waals surface area (Å²) in [6.07, 6.45) is 0. The van der Waals surface area contributed by atoms with E-state index in [9.17, 15) is 10.2 Å². The molecule has 5 heteroatoms. The topological polar surface area (TPSA) is 79.1 Å². The van der Waals surface area contributed by atoms with Crippen LogP contribution in [0.2, 0.25) is 0 Å². The summed E-state index contributed by atoms with van der Waals surface area (Å²) in [5.41, 5.74) is 2.14. The zero-order valence-electron chi connectivity index (χ0n) is 13.7. The van der Waals surface area contributed by atoms with Crippen LogP contribution in [0.4, 0.5) is 0 Å². The molecule has 0 unspecified atom stereocenters. The second kappa shape index (κ2) is 6.64. The molecule has 0 saturated carbocycles. The average molecular weight is 341 g/mol. The van der Waals surface area contributed by atoms with E-state index in [1.165, 1.54) is 0 Å². The van der Waals surface area contributed by atoms with Crippen LogP contribution in [0.3, 0.4) is 0 Å². The number of phenolic OH excluding ortho intramolecular Hbond substituents is 2. The van der Waals surface area contributed by atoms with E-state index in [-0.39, 0.29) is 11.5 Å². The Hall–Kier alpha value is -3.73. The molecule has 0 amide bonds. The molecule has 0 fully saturated rings. The first-order chi connectivity index (χ1) is 12.7. The molecular formula is C21H15N3O2. The van der Waals surface area contributed by atoms with Crippen molar-refractivity contribution in [3.8, 4) is 45.7 Å². The molecule has 0 aliphatic carbocycles. The number of hydrogen-bond acceptors (Lipinski definition) is 5. The number of aromatic nitrogens is 3. The Kier molecular flexibility index (Phi) is 4.03. The second-order valence-electron chi connectivity index (χ2n) is 5.74. The summed E-state index contributed by atoms with van der Waals surface area (Å²) in [6, 6.07) is 23.2. The Morgan fingerprint density at radius 3 is 1.69 bits per heavy atom. The molecule has 1 heterocycles. The van der Waals surface area contributed by atoms with Gasteiger partial charge in [-0.2, -0.15) is 0 Å². The molecule has 126 valence electrons. The molecule has 0 atom stereocenters. The quantitative estimate of drug-likeness (QED) is 0.581. The van der Waals surface area contributed by atoms with Gasteiger partial charge in [0.2, 0.25) is 0 Å². The lowest BCUT2D eigenvalue weighted by molar-refractivity contribution is 0.475. The summed E-state index contributed by atoms with van der Waals surface area (Å²) in [5, 5.41) is 19.7. The van der Waals surface area contributed by atoms with Gasteiger partial charge in [0.15, 0.2) is 17.5 Å². The van der Waals surface area contributed by atoms with Crippen LogP contribution in [0, 0.1) is 0 Å². The Labute approximate surface area is 150 Å². The van der Waals surface area contributed by atoms with E-state index in [2.05, 4.69) is 15.0 Å². The molecule has 2 N–H and O–H groups in total. The predicted molar refractivity (Wildman–Crippen MR) is 99.5 cm³/mol. The van der Waals surface area contributed by atoms with Crippen LogP contribution in [-0.4, -0.2) is 25.2 Å². The first kappa shape index (κ1) is 15.8. The van der Waals surface area contributed by atoms with Gasteiger partial charge in [-0.15, -0.1) is 0 Å². The summed E-state index contributed by atoms with van der Waals surface area (Å²) in [7, 11) is 0. The summed E-state index contributed by atoms with van der Waals surface area (Å²) >= 11 is 0. The molecule has 0 radical (unpaired) electrons. The van der Waals surface area contributed by atoms with Gasteiger partial charge in [0.25, 0.3) is 0 Å². The average Bonchev–Trinajstić information content (AvgIpc) is 2.69. The van der Waals surface area contributed by atoms with E-state index in [1.54, 1.807) is 42.5 Å². The number of rotatable bonds is 3. The van der Waals surface area contributed by atoms with Gasteiger partial charge in [0.05, 0.1) is 5.56 Å². The maximum absolute atomic E-state index is 10.2. The first-order valence-corrected chi connectivity index (χ1v) is 8.10. The van der Waals surface area contributed by atoms with Crippen LogP contribution in [0.5, 0.6) is 11.5 Å². The van der Waals surface area contributed by atoms with Crippen LogP contribution in [0.15, 0.2) is 78.9 Å². The van der Waals surface area contributed by atoms with Crippen molar-refractivity contribution in [2.75, 3.05) is 0 Å². The monoisotopic (exact) mass is 341 g/mol. The highest BCUT2D eigenvalue weighted by Gasteiger charge is 2.14. The molecule has 0 aliphatic rings. The summed E-state index contributed by atoms with van der Waals surface area (Å²) in [5.74, 6) is 1.65. The molecule has 4 aromatic rings. The standard InChI is InChI=1S/C21H15N3O2/c25-16-12-10-15(11-13-16)20-22-19(14-6-2-1-3-7-14)23-21(24-20)17-8-4-5-9-18(17)26/h1-13,25-26H. The third kappa shape index (κ3) is 3.10. The normalized spacial score (nSPS) is 10.6. The molecular weight excluding hydrogens is 326 g/mol. The molecule has 0 saturated heterocycles. The van der Waals surface area contributed by atoms with Crippen LogP contribution < -0.4 is 0 Å². The van der Waals surface area contributed by atoms with Gasteiger partial charge in [-0.25, -0.2) is 15.0 Å². The largest absolute Gasteiger partial charge is 0.508 e. The number of nitrogens with zero attached hydrogens (tertiary/aromatic N) is 3. The van der Waals surface area contributed by atoms with Crippen LogP contribution in [0.25, 0.3) is 34.2 Å². The molecule has 5 nitrogen and oxygen atoms in total. The van der Waals surface area contributed by atoms with Crippen molar-refractivity contribution in [1.29, 1.82) is 0 Å². The third-order valence-corrected chi connectivity index (χ3v) is 3.94. The maximum atomic E-state index is 10.2. The molecule has 4 rings (SSSR count). The lowest BCUT2D eigenvalue weighted by atomic mass is 10.1. The highest BCUT2D eigenvalue weighted by Crippen LogP contribution is 2.29. The minimum atomic E-state index is 0.106. The van der Waals surface area contributed by atoms with Gasteiger partial charge in [0.1, 0.15) is 11.5 Å². The highest BCUT2D eigenvalue weighted by atomic mass is 16.3. The van der Waals surface area contributed by atoms with E-state index >= 15 is 0 Å². The molecule has 1 aromatic heterocycles. The van der Waals surface area contributed by atoms with Crippen molar-refractivity contribution >= 4 is 0 Å². The maximum Gasteiger partial charge on any atom is 0.167 e. The fourth-order valence-electron chi connectivity index (χ4n) is 2.62. The van der Waals surface area contributed by atoms with Crippen LogP contribution >= 0.6 is 0 Å². The van der Waals surface area contributed by atoms with Crippen molar-refractivity contribution in [1.82, 2.24) is 15.0 Å². The number of benzene rings is 3. The van der Waals surface area contributed by atoms with E-state index in [0.29, 0.717) is 23.0 Å². The fraction of sp³-hybridized carbons (Fsp3) is 0. The number of para-hydroxylation sites is 1. The van der Waals surface area contributed by atoms with Crippen molar-refractivity contribution in [2.24, 2.45) is 0 Å². The van der Waals surface area contributed by atoms with E-state index < -0.39 is 0 Å². The molecule has 3 aromatic carbocycles. The number of phenols is 2. The van der Waals surface area contributed by atoms with E-state index in [1.807, 2.05) is 36.4 Å². The molecule has 26 heavy (non-hydrogen) atoms. The van der Waals surface area contributed by atoms with Crippen LogP contribution in [-0.2, 0) is 0 Å². The highest BCUT2D eigenvalue weighted by molar-refractivity contribution is 5.69. The Morgan fingerprint density at radius 1 is 0.500 bits per heavy atom. The summed E-state index contributed by atoms with van der Waals surface area (Å²) in [4.78, 5) is 13.6. The van der Waals surface area contributed by atoms with Gasteiger partial charge in [-0.3, -0.25) is 0 Å². The SMILES string of the molecule is Oc1ccc(-c2nc(-c3ccccc3)nc(-c3ccccc3O)n2)cc1. The van der Waals surface area contributed by atoms with Crippen molar-refractivity contribution in [3.05, 3.63) is 78.9 Å². The number of aromatic hydroxyl groups is 2. The third-order valence-electron chi connectivity index (χ3n) is 3.94. The van der Waals surface area contributed by atoms with Gasteiger partial charge in [0, 0.05) is 11.1 Å². The second-order valence-corrected chi connectivity index (χ2v) is 5.74. The van der Waals surface area contributed by atoms with Crippen molar-refractivity contribution in [3.63, 3.8) is 0 Å². The molecule has 0 spiro atoms. The first-order valence-electron chi connectivity index (χ1n) is 8.10. The fourth-order valence-corrected chi connectivity index (χ4v) is 2.62. The molecule has 0 bridgehead atoms. The van der Waals surface area contributed by atoms with Crippen LogP contribution in [0.1, 0.15) is 0 Å².